The molecule has 0 fully saturated rings. The van der Waals surface area contributed by atoms with Crippen LogP contribution in [0.5, 0.6) is 17.2 Å². The Morgan fingerprint density at radius 2 is 1.85 bits per heavy atom. The van der Waals surface area contributed by atoms with Crippen LogP contribution in [0.1, 0.15) is 35.7 Å². The number of carbonyl (C=O) groups is 2. The fraction of sp³-hybridized carbons (Fsp3) is 0.269. The molecule has 0 unspecified atom stereocenters. The average molecular weight is 576 g/mol. The Morgan fingerprint density at radius 1 is 1.12 bits per heavy atom. The number of hydrogen-bond acceptors (Lipinski definition) is 8. The molecule has 0 saturated carbocycles. The van der Waals surface area contributed by atoms with Gasteiger partial charge in [-0.15, -0.1) is 0 Å². The number of H-pyrrole nitrogens is 1. The van der Waals surface area contributed by atoms with Gasteiger partial charge in [0, 0.05) is 25.6 Å². The normalized spacial score (nSPS) is 11.0. The molecule has 14 heteroatoms. The Kier molecular flexibility index (Phi) is 8.33. The fourth-order valence-corrected chi connectivity index (χ4v) is 4.17. The van der Waals surface area contributed by atoms with Gasteiger partial charge < -0.3 is 24.5 Å². The summed E-state index contributed by atoms with van der Waals surface area (Å²) < 4.78 is 46.2. The molecule has 11 nitrogen and oxygen atoms in total. The predicted molar refractivity (Wildman–Crippen MR) is 141 cm³/mol. The predicted octanol–water partition coefficient (Wildman–Crippen LogP) is 3.65. The summed E-state index contributed by atoms with van der Waals surface area (Å²) in [6.45, 7) is 4.06. The Balaban J connectivity index is 1.85. The number of ether oxygens (including phenoxy) is 3. The number of halogens is 3. The molecule has 2 aromatic heterocycles. The number of aromatic nitrogens is 4. The second-order valence-corrected chi connectivity index (χ2v) is 8.87. The van der Waals surface area contributed by atoms with Crippen LogP contribution >= 0.6 is 11.6 Å². The summed E-state index contributed by atoms with van der Waals surface area (Å²) >= 11 is 6.54. The maximum absolute atomic E-state index is 14.6. The van der Waals surface area contributed by atoms with Gasteiger partial charge in [-0.3, -0.25) is 9.59 Å². The SMILES string of the molecule is CCNC(=O)COc1cc(Cl)c(-n2c(=O)[nH]c3c(C(C)=O)nc(C)nc32)cc1OCc1c(OC)ccc(F)c1F. The third kappa shape index (κ3) is 5.59. The summed E-state index contributed by atoms with van der Waals surface area (Å²) in [6.07, 6.45) is 0. The van der Waals surface area contributed by atoms with Gasteiger partial charge in [0.05, 0.1) is 23.4 Å². The first kappa shape index (κ1) is 28.5. The standard InChI is InChI=1S/C26H24ClF2N5O6/c1-5-30-21(36)11-40-19-8-15(27)17(9-20(19)39-10-14-18(38-4)7-6-16(28)22(14)29)34-25-24(33-26(34)37)23(12(2)35)31-13(3)32-25/h6-9H,5,10-11H2,1-4H3,(H,30,36)(H,33,37). The van der Waals surface area contributed by atoms with Crippen molar-refractivity contribution in [3.63, 3.8) is 0 Å². The van der Waals surface area contributed by atoms with E-state index in [0.717, 1.165) is 10.6 Å². The van der Waals surface area contributed by atoms with Crippen LogP contribution in [0.2, 0.25) is 5.02 Å². The van der Waals surface area contributed by atoms with Gasteiger partial charge in [0.15, 0.2) is 41.2 Å². The molecule has 0 radical (unpaired) electrons. The monoisotopic (exact) mass is 575 g/mol. The molecule has 210 valence electrons. The molecule has 40 heavy (non-hydrogen) atoms. The van der Waals surface area contributed by atoms with Crippen LogP contribution in [0.25, 0.3) is 16.9 Å². The number of Topliss-reactive ketones (excluding diaryl/α,β-unsaturated/α-hetero) is 1. The number of nitrogens with one attached hydrogen (secondary N) is 2. The second kappa shape index (κ2) is 11.7. The maximum atomic E-state index is 14.6. The lowest BCUT2D eigenvalue weighted by Gasteiger charge is -2.17. The highest BCUT2D eigenvalue weighted by Gasteiger charge is 2.23. The van der Waals surface area contributed by atoms with Crippen molar-refractivity contribution >= 4 is 34.5 Å². The number of benzene rings is 2. The van der Waals surface area contributed by atoms with Crippen molar-refractivity contribution in [2.45, 2.75) is 27.4 Å². The minimum atomic E-state index is -1.17. The summed E-state index contributed by atoms with van der Waals surface area (Å²) in [5.41, 5.74) is -0.639. The molecule has 2 N–H and O–H groups in total. The molecule has 0 bridgehead atoms. The summed E-state index contributed by atoms with van der Waals surface area (Å²) in [6, 6.07) is 4.78. The van der Waals surface area contributed by atoms with Crippen molar-refractivity contribution in [3.8, 4) is 22.9 Å². The van der Waals surface area contributed by atoms with Crippen LogP contribution in [0.4, 0.5) is 8.78 Å². The largest absolute Gasteiger partial charge is 0.496 e. The first-order valence-corrected chi connectivity index (χ1v) is 12.3. The highest BCUT2D eigenvalue weighted by molar-refractivity contribution is 6.32. The number of methoxy groups -OCH3 is 1. The van der Waals surface area contributed by atoms with Crippen LogP contribution in [-0.2, 0) is 11.4 Å². The Morgan fingerprint density at radius 3 is 2.52 bits per heavy atom. The van der Waals surface area contributed by atoms with Crippen molar-refractivity contribution < 1.29 is 32.6 Å². The van der Waals surface area contributed by atoms with Crippen molar-refractivity contribution in [1.29, 1.82) is 0 Å². The van der Waals surface area contributed by atoms with Gasteiger partial charge in [-0.1, -0.05) is 11.6 Å². The van der Waals surface area contributed by atoms with Crippen LogP contribution in [0.15, 0.2) is 29.1 Å². The van der Waals surface area contributed by atoms with E-state index in [2.05, 4.69) is 20.3 Å². The topological polar surface area (TPSA) is 137 Å². The number of fused-ring (bicyclic) bond motifs is 1. The zero-order valence-corrected chi connectivity index (χ0v) is 22.6. The fourth-order valence-electron chi connectivity index (χ4n) is 3.94. The number of hydrogen-bond donors (Lipinski definition) is 2. The number of nitrogens with zero attached hydrogens (tertiary/aromatic N) is 3. The summed E-state index contributed by atoms with van der Waals surface area (Å²) in [5, 5.41) is 2.58. The maximum Gasteiger partial charge on any atom is 0.332 e. The second-order valence-electron chi connectivity index (χ2n) is 8.46. The summed E-state index contributed by atoms with van der Waals surface area (Å²) in [4.78, 5) is 48.2. The van der Waals surface area contributed by atoms with E-state index in [1.54, 1.807) is 13.8 Å². The van der Waals surface area contributed by atoms with E-state index in [1.807, 2.05) is 0 Å². The molecule has 0 aliphatic carbocycles. The molecule has 2 heterocycles. The quantitative estimate of drug-likeness (QED) is 0.273. The van der Waals surface area contributed by atoms with Gasteiger partial charge in [0.1, 0.15) is 29.4 Å². The highest BCUT2D eigenvalue weighted by atomic mass is 35.5. The molecule has 0 aliphatic heterocycles. The molecule has 0 spiro atoms. The number of likely N-dealkylation sites (N-methyl/N-ethyl adjacent to an activating group) is 1. The Bertz CT molecular complexity index is 1690. The highest BCUT2D eigenvalue weighted by Crippen LogP contribution is 2.37. The van der Waals surface area contributed by atoms with Gasteiger partial charge in [0.25, 0.3) is 5.91 Å². The van der Waals surface area contributed by atoms with E-state index in [1.165, 1.54) is 32.2 Å². The first-order valence-electron chi connectivity index (χ1n) is 11.9. The number of imidazole rings is 1. The molecule has 0 atom stereocenters. The molecule has 4 rings (SSSR count). The van der Waals surface area contributed by atoms with E-state index < -0.39 is 36.4 Å². The minimum Gasteiger partial charge on any atom is -0.496 e. The first-order chi connectivity index (χ1) is 19.0. The molecular weight excluding hydrogens is 552 g/mol. The van der Waals surface area contributed by atoms with Crippen molar-refractivity contribution in [2.24, 2.45) is 0 Å². The summed E-state index contributed by atoms with van der Waals surface area (Å²) in [5.74, 6) is -2.90. The molecular formula is C26H24ClF2N5O6. The molecule has 0 saturated heterocycles. The van der Waals surface area contributed by atoms with E-state index in [0.29, 0.717) is 6.54 Å². The summed E-state index contributed by atoms with van der Waals surface area (Å²) in [7, 11) is 1.29. The van der Waals surface area contributed by atoms with E-state index >= 15 is 0 Å². The van der Waals surface area contributed by atoms with Gasteiger partial charge in [-0.05, 0) is 26.0 Å². The number of aryl methyl sites for hydroxylation is 1. The van der Waals surface area contributed by atoms with Gasteiger partial charge in [-0.25, -0.2) is 28.1 Å². The Hall–Kier alpha value is -4.52. The number of carbonyl (C=O) groups excluding carboxylic acids is 2. The molecule has 0 aliphatic rings. The number of rotatable bonds is 10. The van der Waals surface area contributed by atoms with E-state index in [4.69, 9.17) is 25.8 Å². The van der Waals surface area contributed by atoms with Crippen molar-refractivity contribution in [2.75, 3.05) is 20.3 Å². The van der Waals surface area contributed by atoms with E-state index in [-0.39, 0.29) is 62.0 Å². The molecule has 4 aromatic rings. The van der Waals surface area contributed by atoms with Crippen LogP contribution in [0, 0.1) is 18.6 Å². The van der Waals surface area contributed by atoms with Crippen molar-refractivity contribution in [1.82, 2.24) is 24.8 Å². The van der Waals surface area contributed by atoms with Gasteiger partial charge in [-0.2, -0.15) is 0 Å². The lowest BCUT2D eigenvalue weighted by molar-refractivity contribution is -0.123. The number of amides is 1. The molecule has 2 aromatic carbocycles. The molecule has 1 amide bonds. The smallest absolute Gasteiger partial charge is 0.332 e. The average Bonchev–Trinajstić information content (AvgIpc) is 3.23. The van der Waals surface area contributed by atoms with E-state index in [9.17, 15) is 23.2 Å². The van der Waals surface area contributed by atoms with Gasteiger partial charge in [0.2, 0.25) is 0 Å². The van der Waals surface area contributed by atoms with Crippen LogP contribution in [-0.4, -0.2) is 51.5 Å². The van der Waals surface area contributed by atoms with Crippen LogP contribution in [0.3, 0.4) is 0 Å². The number of aromatic amines is 1. The zero-order chi connectivity index (χ0) is 29.1. The third-order valence-corrected chi connectivity index (χ3v) is 6.02. The third-order valence-electron chi connectivity index (χ3n) is 5.71. The van der Waals surface area contributed by atoms with Gasteiger partial charge >= 0.3 is 5.69 Å². The number of ketones is 1. The lowest BCUT2D eigenvalue weighted by Crippen LogP contribution is -2.28. The van der Waals surface area contributed by atoms with Crippen LogP contribution < -0.4 is 25.2 Å². The minimum absolute atomic E-state index is 0.00333. The Labute approximate surface area is 231 Å². The zero-order valence-electron chi connectivity index (χ0n) is 21.9. The van der Waals surface area contributed by atoms with Crippen molar-refractivity contribution in [3.05, 3.63) is 68.5 Å². The lowest BCUT2D eigenvalue weighted by atomic mass is 10.2.